The van der Waals surface area contributed by atoms with E-state index < -0.39 is 60.9 Å². The zero-order chi connectivity index (χ0) is 30.0. The molecule has 1 saturated heterocycles. The zero-order valence-corrected chi connectivity index (χ0v) is 21.9. The number of ketones is 1. The van der Waals surface area contributed by atoms with Crippen LogP contribution in [0.15, 0.2) is 66.7 Å². The predicted molar refractivity (Wildman–Crippen MR) is 144 cm³/mol. The van der Waals surface area contributed by atoms with Gasteiger partial charge in [-0.25, -0.2) is 4.79 Å². The number of carbonyl (C=O) groups excluding carboxylic acids is 2. The van der Waals surface area contributed by atoms with Crippen LogP contribution in [0, 0.1) is 0 Å². The van der Waals surface area contributed by atoms with Crippen molar-refractivity contribution in [3.05, 3.63) is 83.4 Å². The van der Waals surface area contributed by atoms with Gasteiger partial charge in [-0.1, -0.05) is 24.3 Å². The number of aliphatic hydroxyl groups is 3. The number of ether oxygens (including phenoxy) is 4. The van der Waals surface area contributed by atoms with Crippen molar-refractivity contribution in [2.24, 2.45) is 0 Å². The number of fused-ring (bicyclic) bond motifs is 1. The summed E-state index contributed by atoms with van der Waals surface area (Å²) in [7, 11) is 0. The SMILES string of the molecule is O=C(/C=C/c1ccc(O)cc1)O[C@@H]1[C@@H](Oc2cc(O)c3c(c2)O[C@H](c2ccc(O)cc2)CC3=O)O[C@@H](CO)[C@H](O)[C@H]1O. The third kappa shape index (κ3) is 6.16. The van der Waals surface area contributed by atoms with Gasteiger partial charge < -0.3 is 49.6 Å². The van der Waals surface area contributed by atoms with Gasteiger partial charge >= 0.3 is 5.97 Å². The fourth-order valence-corrected chi connectivity index (χ4v) is 4.69. The van der Waals surface area contributed by atoms with Gasteiger partial charge in [0, 0.05) is 18.2 Å². The van der Waals surface area contributed by atoms with E-state index in [2.05, 4.69) is 0 Å². The lowest BCUT2D eigenvalue weighted by Crippen LogP contribution is -2.61. The van der Waals surface area contributed by atoms with E-state index in [-0.39, 0.29) is 35.0 Å². The quantitative estimate of drug-likeness (QED) is 0.176. The van der Waals surface area contributed by atoms with Crippen LogP contribution >= 0.6 is 0 Å². The van der Waals surface area contributed by atoms with Crippen molar-refractivity contribution in [1.29, 1.82) is 0 Å². The van der Waals surface area contributed by atoms with Crippen LogP contribution in [0.3, 0.4) is 0 Å². The highest BCUT2D eigenvalue weighted by Gasteiger charge is 2.48. The second-order valence-corrected chi connectivity index (χ2v) is 9.79. The van der Waals surface area contributed by atoms with Crippen molar-refractivity contribution in [1.82, 2.24) is 0 Å². The fraction of sp³-hybridized carbons (Fsp3) is 0.267. The summed E-state index contributed by atoms with van der Waals surface area (Å²) in [5.74, 6) is -1.75. The summed E-state index contributed by atoms with van der Waals surface area (Å²) in [4.78, 5) is 25.5. The van der Waals surface area contributed by atoms with Crippen molar-refractivity contribution < 1.29 is 59.2 Å². The number of hydrogen-bond acceptors (Lipinski definition) is 12. The number of benzene rings is 3. The lowest BCUT2D eigenvalue weighted by Gasteiger charge is -2.41. The van der Waals surface area contributed by atoms with E-state index in [1.54, 1.807) is 24.3 Å². The van der Waals surface area contributed by atoms with Crippen molar-refractivity contribution in [2.75, 3.05) is 6.61 Å². The second-order valence-electron chi connectivity index (χ2n) is 9.79. The molecule has 2 heterocycles. The normalized spacial score (nSPS) is 25.5. The molecule has 220 valence electrons. The maximum absolute atomic E-state index is 12.9. The van der Waals surface area contributed by atoms with Gasteiger partial charge in [0.2, 0.25) is 6.29 Å². The minimum atomic E-state index is -1.73. The van der Waals surface area contributed by atoms with Crippen LogP contribution in [0.25, 0.3) is 6.08 Å². The standard InChI is InChI=1S/C30H28O12/c31-14-24-27(37)28(38)29(42-25(36)10-3-15-1-6-17(32)7-2-15)30(41-24)39-19-11-20(34)26-21(35)13-22(40-23(26)12-19)16-4-8-18(33)9-5-16/h1-12,22,24,27-34,37-38H,13-14H2/b10-3+/t22-,24-,27-,28+,29-,30-/m0/s1. The average Bonchev–Trinajstić information content (AvgIpc) is 2.96. The number of Topliss-reactive ketones (excluding diaryl/α,β-unsaturated/α-hetero) is 1. The molecule has 2 aliphatic heterocycles. The molecular formula is C30H28O12. The number of phenols is 3. The average molecular weight is 581 g/mol. The monoisotopic (exact) mass is 580 g/mol. The molecule has 0 aliphatic carbocycles. The molecule has 12 nitrogen and oxygen atoms in total. The van der Waals surface area contributed by atoms with Crippen LogP contribution < -0.4 is 9.47 Å². The van der Waals surface area contributed by atoms with Crippen molar-refractivity contribution in [3.63, 3.8) is 0 Å². The van der Waals surface area contributed by atoms with Crippen molar-refractivity contribution in [3.8, 4) is 28.7 Å². The van der Waals surface area contributed by atoms with E-state index in [0.717, 1.165) is 12.1 Å². The van der Waals surface area contributed by atoms with Crippen LogP contribution in [0.4, 0.5) is 0 Å². The van der Waals surface area contributed by atoms with Gasteiger partial charge in [-0.05, 0) is 41.5 Å². The fourth-order valence-electron chi connectivity index (χ4n) is 4.69. The Kier molecular flexibility index (Phi) is 8.31. The van der Waals surface area contributed by atoms with Crippen molar-refractivity contribution >= 4 is 17.8 Å². The summed E-state index contributed by atoms with van der Waals surface area (Å²) >= 11 is 0. The van der Waals surface area contributed by atoms with E-state index in [1.165, 1.54) is 36.4 Å². The van der Waals surface area contributed by atoms with Crippen molar-refractivity contribution in [2.45, 2.75) is 43.2 Å². The lowest BCUT2D eigenvalue weighted by atomic mass is 9.95. The molecule has 1 fully saturated rings. The molecule has 6 N–H and O–H groups in total. The molecule has 3 aromatic carbocycles. The number of carbonyl (C=O) groups is 2. The Morgan fingerprint density at radius 2 is 1.62 bits per heavy atom. The highest BCUT2D eigenvalue weighted by atomic mass is 16.7. The van der Waals surface area contributed by atoms with E-state index in [1.807, 2.05) is 0 Å². The Bertz CT molecular complexity index is 1470. The first-order valence-electron chi connectivity index (χ1n) is 13.0. The third-order valence-corrected chi connectivity index (χ3v) is 6.87. The highest BCUT2D eigenvalue weighted by Crippen LogP contribution is 2.42. The molecule has 2 aliphatic rings. The summed E-state index contributed by atoms with van der Waals surface area (Å²) < 4.78 is 22.7. The molecule has 5 rings (SSSR count). The van der Waals surface area contributed by atoms with Gasteiger partial charge in [-0.15, -0.1) is 0 Å². The summed E-state index contributed by atoms with van der Waals surface area (Å²) in [6.45, 7) is -0.694. The van der Waals surface area contributed by atoms with Gasteiger partial charge in [0.05, 0.1) is 13.0 Å². The van der Waals surface area contributed by atoms with Gasteiger partial charge in [-0.2, -0.15) is 0 Å². The van der Waals surface area contributed by atoms with E-state index >= 15 is 0 Å². The van der Waals surface area contributed by atoms with Gasteiger partial charge in [0.1, 0.15) is 58.7 Å². The first-order chi connectivity index (χ1) is 20.1. The lowest BCUT2D eigenvalue weighted by molar-refractivity contribution is -0.281. The number of hydrogen-bond donors (Lipinski definition) is 6. The molecule has 0 aromatic heterocycles. The minimum absolute atomic E-state index is 0.000184. The number of phenolic OH excluding ortho intramolecular Hbond substituents is 3. The number of rotatable bonds is 7. The summed E-state index contributed by atoms with van der Waals surface area (Å²) in [6.07, 6.45) is -6.09. The molecule has 12 heteroatoms. The third-order valence-electron chi connectivity index (χ3n) is 6.87. The Labute approximate surface area is 239 Å². The van der Waals surface area contributed by atoms with Crippen LogP contribution in [0.5, 0.6) is 28.7 Å². The molecule has 0 bridgehead atoms. The molecule has 6 atom stereocenters. The maximum atomic E-state index is 12.9. The summed E-state index contributed by atoms with van der Waals surface area (Å²) in [6, 6.07) is 14.5. The van der Waals surface area contributed by atoms with Crippen LogP contribution in [0.2, 0.25) is 0 Å². The molecule has 0 unspecified atom stereocenters. The Hall–Kier alpha value is -4.62. The van der Waals surface area contributed by atoms with Crippen LogP contribution in [0.1, 0.15) is 34.0 Å². The predicted octanol–water partition coefficient (Wildman–Crippen LogP) is 1.95. The molecule has 42 heavy (non-hydrogen) atoms. The smallest absolute Gasteiger partial charge is 0.331 e. The Morgan fingerprint density at radius 3 is 2.29 bits per heavy atom. The second kappa shape index (κ2) is 12.1. The number of aliphatic hydroxyl groups excluding tert-OH is 3. The van der Waals surface area contributed by atoms with Crippen LogP contribution in [-0.4, -0.2) is 79.7 Å². The van der Waals surface area contributed by atoms with Gasteiger partial charge in [0.25, 0.3) is 0 Å². The minimum Gasteiger partial charge on any atom is -0.508 e. The molecule has 0 spiro atoms. The zero-order valence-electron chi connectivity index (χ0n) is 21.9. The molecule has 3 aromatic rings. The molecular weight excluding hydrogens is 552 g/mol. The maximum Gasteiger partial charge on any atom is 0.331 e. The Balaban J connectivity index is 1.38. The van der Waals surface area contributed by atoms with Crippen LogP contribution in [-0.2, 0) is 14.3 Å². The number of esters is 1. The summed E-state index contributed by atoms with van der Waals surface area (Å²) in [5.41, 5.74) is 1.12. The van der Waals surface area contributed by atoms with E-state index in [0.29, 0.717) is 11.1 Å². The summed E-state index contributed by atoms with van der Waals surface area (Å²) in [5, 5.41) is 60.4. The topological polar surface area (TPSA) is 192 Å². The molecule has 0 saturated carbocycles. The number of aromatic hydroxyl groups is 3. The van der Waals surface area contributed by atoms with Gasteiger partial charge in [-0.3, -0.25) is 4.79 Å². The molecule has 0 amide bonds. The molecule has 0 radical (unpaired) electrons. The van der Waals surface area contributed by atoms with Gasteiger partial charge in [0.15, 0.2) is 11.9 Å². The van der Waals surface area contributed by atoms with E-state index in [9.17, 15) is 40.2 Å². The largest absolute Gasteiger partial charge is 0.508 e. The Morgan fingerprint density at radius 1 is 0.952 bits per heavy atom. The first kappa shape index (κ1) is 28.9. The first-order valence-corrected chi connectivity index (χ1v) is 13.0. The highest BCUT2D eigenvalue weighted by molar-refractivity contribution is 6.02. The van der Waals surface area contributed by atoms with E-state index in [4.69, 9.17) is 18.9 Å².